The Morgan fingerprint density at radius 3 is 2.50 bits per heavy atom. The van der Waals surface area contributed by atoms with E-state index in [4.69, 9.17) is 5.11 Å². The molecular weight excluding hydrogens is 209 g/mol. The van der Waals surface area contributed by atoms with Crippen molar-refractivity contribution in [2.24, 2.45) is 0 Å². The summed E-state index contributed by atoms with van der Waals surface area (Å²) >= 11 is 0. The van der Waals surface area contributed by atoms with Crippen LogP contribution in [0.25, 0.3) is 11.1 Å². The number of carbonyl (C=O) groups is 1. The maximum Gasteiger partial charge on any atom is 0.355 e. The van der Waals surface area contributed by atoms with E-state index in [0.29, 0.717) is 5.56 Å². The van der Waals surface area contributed by atoms with Gasteiger partial charge in [0.25, 0.3) is 0 Å². The zero-order valence-corrected chi connectivity index (χ0v) is 8.22. The van der Waals surface area contributed by atoms with Gasteiger partial charge in [-0.2, -0.15) is 0 Å². The molecule has 0 aliphatic carbocycles. The van der Waals surface area contributed by atoms with Gasteiger partial charge in [0, 0.05) is 6.20 Å². The van der Waals surface area contributed by atoms with Crippen LogP contribution in [0.5, 0.6) is 0 Å². The zero-order valence-electron chi connectivity index (χ0n) is 8.22. The minimum absolute atomic E-state index is 0.0237. The Kier molecular flexibility index (Phi) is 2.64. The van der Waals surface area contributed by atoms with Crippen molar-refractivity contribution in [2.45, 2.75) is 0 Å². The van der Waals surface area contributed by atoms with E-state index in [0.717, 1.165) is 12.3 Å². The number of hydrogen-bond acceptors (Lipinski definition) is 2. The first-order valence-electron chi connectivity index (χ1n) is 4.63. The monoisotopic (exact) mass is 217 g/mol. The van der Waals surface area contributed by atoms with Crippen molar-refractivity contribution in [1.82, 2.24) is 4.98 Å². The average molecular weight is 217 g/mol. The molecule has 2 aromatic rings. The van der Waals surface area contributed by atoms with Crippen LogP contribution in [0.1, 0.15) is 10.5 Å². The van der Waals surface area contributed by atoms with Gasteiger partial charge in [-0.25, -0.2) is 14.2 Å². The van der Waals surface area contributed by atoms with Gasteiger partial charge in [-0.3, -0.25) is 0 Å². The van der Waals surface area contributed by atoms with Crippen LogP contribution in [-0.2, 0) is 0 Å². The molecule has 80 valence electrons. The summed E-state index contributed by atoms with van der Waals surface area (Å²) in [4.78, 5) is 14.6. The molecule has 16 heavy (non-hydrogen) atoms. The molecule has 0 fully saturated rings. The summed E-state index contributed by atoms with van der Waals surface area (Å²) in [6.07, 6.45) is 1.14. The molecule has 1 heterocycles. The van der Waals surface area contributed by atoms with Gasteiger partial charge in [-0.05, 0) is 11.6 Å². The van der Waals surface area contributed by atoms with E-state index in [9.17, 15) is 9.18 Å². The summed E-state index contributed by atoms with van der Waals surface area (Å²) in [5.41, 5.74) is 0.257. The summed E-state index contributed by atoms with van der Waals surface area (Å²) in [5.74, 6) is -1.82. The number of rotatable bonds is 2. The van der Waals surface area contributed by atoms with Crippen molar-refractivity contribution in [3.8, 4) is 11.1 Å². The molecule has 0 saturated carbocycles. The van der Waals surface area contributed by atoms with Crippen LogP contribution in [0.15, 0.2) is 42.6 Å². The van der Waals surface area contributed by atoms with E-state index in [1.54, 1.807) is 30.3 Å². The third kappa shape index (κ3) is 1.77. The fourth-order valence-electron chi connectivity index (χ4n) is 1.48. The number of hydrogen-bond donors (Lipinski definition) is 1. The molecule has 0 unspecified atom stereocenters. The first kappa shape index (κ1) is 10.3. The normalized spacial score (nSPS) is 10.1. The van der Waals surface area contributed by atoms with Gasteiger partial charge in [0.2, 0.25) is 0 Å². The van der Waals surface area contributed by atoms with Gasteiger partial charge in [0.05, 0.1) is 5.56 Å². The van der Waals surface area contributed by atoms with E-state index >= 15 is 0 Å². The van der Waals surface area contributed by atoms with Gasteiger partial charge in [-0.15, -0.1) is 0 Å². The van der Waals surface area contributed by atoms with Crippen molar-refractivity contribution < 1.29 is 14.3 Å². The molecule has 0 spiro atoms. The maximum absolute atomic E-state index is 13.6. The second-order valence-corrected chi connectivity index (χ2v) is 3.19. The number of benzene rings is 1. The SMILES string of the molecule is O=C(O)c1nccc(F)c1-c1ccccc1. The number of carboxylic acids is 1. The Morgan fingerprint density at radius 2 is 1.88 bits per heavy atom. The minimum atomic E-state index is -1.24. The molecule has 0 bridgehead atoms. The highest BCUT2D eigenvalue weighted by Gasteiger charge is 2.16. The average Bonchev–Trinajstić information content (AvgIpc) is 2.29. The summed E-state index contributed by atoms with van der Waals surface area (Å²) in [7, 11) is 0. The Bertz CT molecular complexity index is 526. The van der Waals surface area contributed by atoms with Gasteiger partial charge in [0.15, 0.2) is 5.69 Å². The van der Waals surface area contributed by atoms with Gasteiger partial charge in [0.1, 0.15) is 5.82 Å². The third-order valence-electron chi connectivity index (χ3n) is 2.17. The molecular formula is C12H8FNO2. The van der Waals surface area contributed by atoms with Crippen molar-refractivity contribution in [1.29, 1.82) is 0 Å². The number of halogens is 1. The molecule has 0 atom stereocenters. The van der Waals surface area contributed by atoms with Crippen LogP contribution < -0.4 is 0 Å². The zero-order chi connectivity index (χ0) is 11.5. The lowest BCUT2D eigenvalue weighted by atomic mass is 10.0. The summed E-state index contributed by atoms with van der Waals surface area (Å²) in [6, 6.07) is 9.65. The molecule has 4 heteroatoms. The van der Waals surface area contributed by atoms with Crippen molar-refractivity contribution in [3.05, 3.63) is 54.1 Å². The number of aromatic nitrogens is 1. The Hall–Kier alpha value is -2.23. The molecule has 0 amide bonds. The van der Waals surface area contributed by atoms with Gasteiger partial charge < -0.3 is 5.11 Å². The summed E-state index contributed by atoms with van der Waals surface area (Å²) < 4.78 is 13.6. The Labute approximate surface area is 91.2 Å². The van der Waals surface area contributed by atoms with Crippen LogP contribution in [-0.4, -0.2) is 16.1 Å². The molecule has 1 aromatic carbocycles. The summed E-state index contributed by atoms with van der Waals surface area (Å²) in [5, 5.41) is 8.92. The predicted molar refractivity (Wildman–Crippen MR) is 56.6 cm³/mol. The van der Waals surface area contributed by atoms with Crippen LogP contribution >= 0.6 is 0 Å². The number of pyridine rings is 1. The number of aromatic carboxylic acids is 1. The van der Waals surface area contributed by atoms with Gasteiger partial charge in [-0.1, -0.05) is 30.3 Å². The quantitative estimate of drug-likeness (QED) is 0.841. The largest absolute Gasteiger partial charge is 0.476 e. The van der Waals surface area contributed by atoms with Crippen LogP contribution in [0.4, 0.5) is 4.39 Å². The second-order valence-electron chi connectivity index (χ2n) is 3.19. The molecule has 2 rings (SSSR count). The molecule has 0 radical (unpaired) electrons. The van der Waals surface area contributed by atoms with Crippen LogP contribution in [0.3, 0.4) is 0 Å². The fraction of sp³-hybridized carbons (Fsp3) is 0. The highest BCUT2D eigenvalue weighted by atomic mass is 19.1. The molecule has 1 N–H and O–H groups in total. The van der Waals surface area contributed by atoms with Crippen molar-refractivity contribution in [2.75, 3.05) is 0 Å². The van der Waals surface area contributed by atoms with E-state index in [-0.39, 0.29) is 11.3 Å². The van der Waals surface area contributed by atoms with Crippen LogP contribution in [0.2, 0.25) is 0 Å². The lowest BCUT2D eigenvalue weighted by Gasteiger charge is -2.06. The van der Waals surface area contributed by atoms with E-state index in [1.165, 1.54) is 0 Å². The highest BCUT2D eigenvalue weighted by molar-refractivity contribution is 5.93. The van der Waals surface area contributed by atoms with Crippen molar-refractivity contribution in [3.63, 3.8) is 0 Å². The molecule has 3 nitrogen and oxygen atoms in total. The predicted octanol–water partition coefficient (Wildman–Crippen LogP) is 2.59. The third-order valence-corrected chi connectivity index (χ3v) is 2.17. The van der Waals surface area contributed by atoms with E-state index < -0.39 is 11.8 Å². The number of carboxylic acid groups (broad SMARTS) is 1. The Morgan fingerprint density at radius 1 is 1.19 bits per heavy atom. The van der Waals surface area contributed by atoms with Crippen molar-refractivity contribution >= 4 is 5.97 Å². The lowest BCUT2D eigenvalue weighted by Crippen LogP contribution is -2.04. The second kappa shape index (κ2) is 4.10. The fourth-order valence-corrected chi connectivity index (χ4v) is 1.48. The summed E-state index contributed by atoms with van der Waals surface area (Å²) in [6.45, 7) is 0. The Balaban J connectivity index is 2.68. The first-order chi connectivity index (χ1) is 7.70. The van der Waals surface area contributed by atoms with Crippen LogP contribution in [0, 0.1) is 5.82 Å². The smallest absolute Gasteiger partial charge is 0.355 e. The molecule has 1 aromatic heterocycles. The van der Waals surface area contributed by atoms with Gasteiger partial charge >= 0.3 is 5.97 Å². The van der Waals surface area contributed by atoms with E-state index in [1.807, 2.05) is 0 Å². The minimum Gasteiger partial charge on any atom is -0.476 e. The lowest BCUT2D eigenvalue weighted by molar-refractivity contribution is 0.0691. The topological polar surface area (TPSA) is 50.2 Å². The van der Waals surface area contributed by atoms with E-state index in [2.05, 4.69) is 4.98 Å². The highest BCUT2D eigenvalue weighted by Crippen LogP contribution is 2.25. The standard InChI is InChI=1S/C12H8FNO2/c13-9-6-7-14-11(12(15)16)10(9)8-4-2-1-3-5-8/h1-7H,(H,15,16). The number of nitrogens with zero attached hydrogens (tertiary/aromatic N) is 1. The maximum atomic E-state index is 13.6. The molecule has 0 aliphatic rings. The molecule has 0 aliphatic heterocycles. The first-order valence-corrected chi connectivity index (χ1v) is 4.63. The molecule has 0 saturated heterocycles.